The summed E-state index contributed by atoms with van der Waals surface area (Å²) < 4.78 is 35.0. The molecule has 1 aliphatic rings. The summed E-state index contributed by atoms with van der Waals surface area (Å²) in [6.45, 7) is 3.14. The predicted octanol–water partition coefficient (Wildman–Crippen LogP) is 0.716. The van der Waals surface area contributed by atoms with Crippen molar-refractivity contribution in [1.29, 1.82) is 0 Å². The molecule has 116 valence electrons. The zero-order valence-corrected chi connectivity index (χ0v) is 12.9. The third kappa shape index (κ3) is 3.95. The molecule has 0 N–H and O–H groups in total. The highest BCUT2D eigenvalue weighted by atomic mass is 32.2. The summed E-state index contributed by atoms with van der Waals surface area (Å²) in [5.74, 6) is -0.483. The van der Waals surface area contributed by atoms with E-state index >= 15 is 0 Å². The Balaban J connectivity index is 2.11. The van der Waals surface area contributed by atoms with Crippen LogP contribution >= 0.6 is 0 Å². The van der Waals surface area contributed by atoms with Gasteiger partial charge in [0.05, 0.1) is 24.7 Å². The number of ether oxygens (including phenoxy) is 2. The topological polar surface area (TPSA) is 72.9 Å². The fourth-order valence-electron chi connectivity index (χ4n) is 2.18. The Morgan fingerprint density at radius 2 is 2.24 bits per heavy atom. The van der Waals surface area contributed by atoms with Gasteiger partial charge in [0.15, 0.2) is 9.84 Å². The molecule has 1 aliphatic heterocycles. The van der Waals surface area contributed by atoms with Gasteiger partial charge in [0.2, 0.25) is 5.91 Å². The zero-order valence-electron chi connectivity index (χ0n) is 12.1. The summed E-state index contributed by atoms with van der Waals surface area (Å²) in [5, 5.41) is 0. The Hall–Kier alpha value is -1.60. The molecule has 1 aromatic carbocycles. The van der Waals surface area contributed by atoms with Gasteiger partial charge in [-0.25, -0.2) is 8.42 Å². The van der Waals surface area contributed by atoms with Crippen molar-refractivity contribution in [2.24, 2.45) is 0 Å². The Morgan fingerprint density at radius 3 is 2.90 bits per heavy atom. The molecule has 1 amide bonds. The number of carbonyl (C=O) groups is 1. The summed E-state index contributed by atoms with van der Waals surface area (Å²) in [6.07, 6.45) is -0.0674. The molecule has 0 unspecified atom stereocenters. The Labute approximate surface area is 124 Å². The third-order valence-electron chi connectivity index (χ3n) is 3.31. The Bertz CT molecular complexity index is 614. The first kappa shape index (κ1) is 15.8. The van der Waals surface area contributed by atoms with Crippen LogP contribution in [0.1, 0.15) is 6.92 Å². The number of nitrogens with zero attached hydrogens (tertiary/aromatic N) is 1. The predicted molar refractivity (Wildman–Crippen MR) is 77.0 cm³/mol. The van der Waals surface area contributed by atoms with Crippen molar-refractivity contribution in [3.05, 3.63) is 24.3 Å². The molecule has 0 radical (unpaired) electrons. The minimum absolute atomic E-state index is 0.0674. The lowest BCUT2D eigenvalue weighted by atomic mass is 10.3. The van der Waals surface area contributed by atoms with Crippen LogP contribution in [-0.2, 0) is 19.4 Å². The zero-order chi connectivity index (χ0) is 15.5. The summed E-state index contributed by atoms with van der Waals surface area (Å²) in [7, 11) is -2.21. The van der Waals surface area contributed by atoms with E-state index in [1.807, 2.05) is 6.92 Å². The second-order valence-corrected chi connectivity index (χ2v) is 6.95. The van der Waals surface area contributed by atoms with E-state index in [2.05, 4.69) is 0 Å². The van der Waals surface area contributed by atoms with Crippen LogP contribution < -0.4 is 4.74 Å². The van der Waals surface area contributed by atoms with Crippen molar-refractivity contribution in [3.8, 4) is 5.75 Å². The second kappa shape index (κ2) is 6.44. The van der Waals surface area contributed by atoms with Crippen LogP contribution in [-0.4, -0.2) is 57.9 Å². The Morgan fingerprint density at radius 1 is 1.48 bits per heavy atom. The molecule has 1 atom stereocenters. The highest BCUT2D eigenvalue weighted by Gasteiger charge is 2.27. The number of carbonyl (C=O) groups excluding carboxylic acids is 1. The molecule has 2 rings (SSSR count). The molecule has 0 aromatic heterocycles. The van der Waals surface area contributed by atoms with Crippen molar-refractivity contribution in [3.63, 3.8) is 0 Å². The van der Waals surface area contributed by atoms with E-state index in [1.165, 1.54) is 24.1 Å². The van der Waals surface area contributed by atoms with Crippen LogP contribution in [0.5, 0.6) is 5.75 Å². The number of amides is 1. The number of morpholine rings is 1. The molecular weight excluding hydrogens is 294 g/mol. The van der Waals surface area contributed by atoms with E-state index in [9.17, 15) is 13.2 Å². The number of hydrogen-bond acceptors (Lipinski definition) is 5. The third-order valence-corrected chi connectivity index (χ3v) is 4.91. The van der Waals surface area contributed by atoms with E-state index in [4.69, 9.17) is 9.47 Å². The van der Waals surface area contributed by atoms with E-state index in [0.717, 1.165) is 0 Å². The molecule has 6 nitrogen and oxygen atoms in total. The van der Waals surface area contributed by atoms with Crippen molar-refractivity contribution < 1.29 is 22.7 Å². The van der Waals surface area contributed by atoms with Crippen LogP contribution in [0.15, 0.2) is 29.2 Å². The fourth-order valence-corrected chi connectivity index (χ4v) is 3.43. The monoisotopic (exact) mass is 313 g/mol. The number of rotatable bonds is 4. The van der Waals surface area contributed by atoms with Gasteiger partial charge in [-0.15, -0.1) is 0 Å². The van der Waals surface area contributed by atoms with E-state index in [1.54, 1.807) is 12.1 Å². The number of hydrogen-bond donors (Lipinski definition) is 0. The van der Waals surface area contributed by atoms with Crippen molar-refractivity contribution >= 4 is 15.7 Å². The van der Waals surface area contributed by atoms with Gasteiger partial charge in [0, 0.05) is 13.1 Å². The Kier molecular flexibility index (Phi) is 4.84. The first-order chi connectivity index (χ1) is 9.92. The molecule has 21 heavy (non-hydrogen) atoms. The van der Waals surface area contributed by atoms with Gasteiger partial charge in [-0.2, -0.15) is 0 Å². The maximum absolute atomic E-state index is 12.3. The van der Waals surface area contributed by atoms with Crippen LogP contribution in [0.25, 0.3) is 0 Å². The molecule has 0 aliphatic carbocycles. The van der Waals surface area contributed by atoms with Gasteiger partial charge in [-0.05, 0) is 25.1 Å². The number of methoxy groups -OCH3 is 1. The number of benzene rings is 1. The first-order valence-electron chi connectivity index (χ1n) is 6.68. The molecule has 1 aromatic rings. The van der Waals surface area contributed by atoms with E-state index < -0.39 is 21.5 Å². The quantitative estimate of drug-likeness (QED) is 0.819. The van der Waals surface area contributed by atoms with E-state index in [0.29, 0.717) is 25.4 Å². The highest BCUT2D eigenvalue weighted by Crippen LogP contribution is 2.19. The van der Waals surface area contributed by atoms with Crippen LogP contribution in [0.2, 0.25) is 0 Å². The molecule has 0 spiro atoms. The summed E-state index contributed by atoms with van der Waals surface area (Å²) in [4.78, 5) is 13.8. The lowest BCUT2D eigenvalue weighted by molar-refractivity contribution is -0.135. The van der Waals surface area contributed by atoms with Gasteiger partial charge < -0.3 is 14.4 Å². The van der Waals surface area contributed by atoms with Gasteiger partial charge in [0.1, 0.15) is 11.5 Å². The average molecular weight is 313 g/mol. The lowest BCUT2D eigenvalue weighted by Gasteiger charge is -2.31. The van der Waals surface area contributed by atoms with Crippen LogP contribution in [0.3, 0.4) is 0 Å². The smallest absolute Gasteiger partial charge is 0.238 e. The fraction of sp³-hybridized carbons (Fsp3) is 0.500. The lowest BCUT2D eigenvalue weighted by Crippen LogP contribution is -2.46. The normalized spacial score (nSPS) is 19.3. The second-order valence-electron chi connectivity index (χ2n) is 4.96. The average Bonchev–Trinajstić information content (AvgIpc) is 2.47. The summed E-state index contributed by atoms with van der Waals surface area (Å²) in [5.41, 5.74) is 0. The highest BCUT2D eigenvalue weighted by molar-refractivity contribution is 7.92. The standard InChI is InChI=1S/C14H19NO5S/c1-11-9-15(6-7-20-11)14(16)10-21(17,18)13-5-3-4-12(8-13)19-2/h3-5,8,11H,6-7,9-10H2,1-2H3/t11-/m1/s1. The molecule has 1 heterocycles. The van der Waals surface area contributed by atoms with Crippen molar-refractivity contribution in [2.45, 2.75) is 17.9 Å². The van der Waals surface area contributed by atoms with Crippen LogP contribution in [0.4, 0.5) is 0 Å². The maximum atomic E-state index is 12.3. The molecule has 0 bridgehead atoms. The molecule has 0 saturated carbocycles. The first-order valence-corrected chi connectivity index (χ1v) is 8.34. The van der Waals surface area contributed by atoms with Gasteiger partial charge >= 0.3 is 0 Å². The SMILES string of the molecule is COc1cccc(S(=O)(=O)CC(=O)N2CCO[C@H](C)C2)c1. The molecule has 1 saturated heterocycles. The summed E-state index contributed by atoms with van der Waals surface area (Å²) >= 11 is 0. The molecule has 1 fully saturated rings. The molecule has 7 heteroatoms. The number of sulfone groups is 1. The minimum atomic E-state index is -3.67. The minimum Gasteiger partial charge on any atom is -0.497 e. The maximum Gasteiger partial charge on any atom is 0.238 e. The van der Waals surface area contributed by atoms with Crippen molar-refractivity contribution in [1.82, 2.24) is 4.90 Å². The van der Waals surface area contributed by atoms with Gasteiger partial charge in [-0.3, -0.25) is 4.79 Å². The molecular formula is C14H19NO5S. The van der Waals surface area contributed by atoms with Gasteiger partial charge in [-0.1, -0.05) is 6.07 Å². The van der Waals surface area contributed by atoms with Gasteiger partial charge in [0.25, 0.3) is 0 Å². The summed E-state index contributed by atoms with van der Waals surface area (Å²) in [6, 6.07) is 6.13. The van der Waals surface area contributed by atoms with Crippen LogP contribution in [0, 0.1) is 0 Å². The largest absolute Gasteiger partial charge is 0.497 e. The van der Waals surface area contributed by atoms with Crippen molar-refractivity contribution in [2.75, 3.05) is 32.6 Å². The van der Waals surface area contributed by atoms with E-state index in [-0.39, 0.29) is 11.0 Å².